The minimum Gasteiger partial charge on any atom is -0.374 e. The number of fused-ring (bicyclic) bond motifs is 2. The van der Waals surface area contributed by atoms with Crippen molar-refractivity contribution in [3.63, 3.8) is 0 Å². The third kappa shape index (κ3) is 0.902. The fourth-order valence-electron chi connectivity index (χ4n) is 2.88. The van der Waals surface area contributed by atoms with Gasteiger partial charge in [-0.15, -0.1) is 0 Å². The maximum absolute atomic E-state index is 2.44. The lowest BCUT2D eigenvalue weighted by atomic mass is 9.66. The van der Waals surface area contributed by atoms with Crippen molar-refractivity contribution < 1.29 is 0 Å². The molecule has 14 heavy (non-hydrogen) atoms. The minimum atomic E-state index is 0.436. The summed E-state index contributed by atoms with van der Waals surface area (Å²) >= 11 is 0. The number of anilines is 1. The Labute approximate surface area is 85.7 Å². The minimum absolute atomic E-state index is 0.436. The van der Waals surface area contributed by atoms with E-state index in [1.54, 1.807) is 16.7 Å². The van der Waals surface area contributed by atoms with Gasteiger partial charge in [0.2, 0.25) is 0 Å². The van der Waals surface area contributed by atoms with E-state index in [1.807, 2.05) is 0 Å². The molecule has 74 valence electrons. The first-order chi connectivity index (χ1) is 6.58. The zero-order chi connectivity index (χ0) is 9.92. The SMILES string of the molecule is CN1CCc2cc3c(cc21)CC3(C)C. The third-order valence-electron chi connectivity index (χ3n) is 3.79. The zero-order valence-electron chi connectivity index (χ0n) is 9.22. The Morgan fingerprint density at radius 1 is 1.21 bits per heavy atom. The lowest BCUT2D eigenvalue weighted by molar-refractivity contribution is 0.455. The number of nitrogens with zero attached hydrogens (tertiary/aromatic N) is 1. The van der Waals surface area contributed by atoms with E-state index >= 15 is 0 Å². The molecule has 1 nitrogen and oxygen atoms in total. The predicted octanol–water partition coefficient (Wildman–Crippen LogP) is 2.51. The van der Waals surface area contributed by atoms with Crippen LogP contribution in [0.4, 0.5) is 5.69 Å². The summed E-state index contributed by atoms with van der Waals surface area (Å²) in [5.41, 5.74) is 6.62. The lowest BCUT2D eigenvalue weighted by Gasteiger charge is -2.39. The van der Waals surface area contributed by atoms with Gasteiger partial charge >= 0.3 is 0 Å². The molecule has 0 saturated heterocycles. The van der Waals surface area contributed by atoms with E-state index in [-0.39, 0.29) is 0 Å². The average molecular weight is 187 g/mol. The molecule has 0 bridgehead atoms. The normalized spacial score (nSPS) is 21.5. The number of benzene rings is 1. The zero-order valence-corrected chi connectivity index (χ0v) is 9.22. The summed E-state index contributed by atoms with van der Waals surface area (Å²) in [6.45, 7) is 5.89. The van der Waals surface area contributed by atoms with E-state index < -0.39 is 0 Å². The molecule has 3 rings (SSSR count). The van der Waals surface area contributed by atoms with Gasteiger partial charge in [-0.2, -0.15) is 0 Å². The fourth-order valence-corrected chi connectivity index (χ4v) is 2.88. The molecule has 0 spiro atoms. The second-order valence-corrected chi connectivity index (χ2v) is 5.37. The quantitative estimate of drug-likeness (QED) is 0.603. The molecule has 0 atom stereocenters. The van der Waals surface area contributed by atoms with Gasteiger partial charge in [-0.3, -0.25) is 0 Å². The van der Waals surface area contributed by atoms with Crippen LogP contribution in [0.1, 0.15) is 30.5 Å². The van der Waals surface area contributed by atoms with Crippen molar-refractivity contribution in [3.05, 3.63) is 28.8 Å². The summed E-state index contributed by atoms with van der Waals surface area (Å²) < 4.78 is 0. The van der Waals surface area contributed by atoms with E-state index in [2.05, 4.69) is 37.9 Å². The van der Waals surface area contributed by atoms with Gasteiger partial charge in [0.25, 0.3) is 0 Å². The molecule has 0 N–H and O–H groups in total. The van der Waals surface area contributed by atoms with E-state index in [1.165, 1.54) is 25.1 Å². The maximum atomic E-state index is 2.44. The van der Waals surface area contributed by atoms with Crippen molar-refractivity contribution in [2.45, 2.75) is 32.1 Å². The molecule has 0 saturated carbocycles. The van der Waals surface area contributed by atoms with Gasteiger partial charge in [0.05, 0.1) is 0 Å². The first-order valence-corrected chi connectivity index (χ1v) is 5.45. The van der Waals surface area contributed by atoms with E-state index in [0.717, 1.165) is 0 Å². The molecule has 0 amide bonds. The number of hydrogen-bond donors (Lipinski definition) is 0. The van der Waals surface area contributed by atoms with Crippen LogP contribution in [0.5, 0.6) is 0 Å². The fraction of sp³-hybridized carbons (Fsp3) is 0.538. The maximum Gasteiger partial charge on any atom is 0.0399 e. The van der Waals surface area contributed by atoms with Crippen LogP contribution in [0.25, 0.3) is 0 Å². The van der Waals surface area contributed by atoms with Crippen molar-refractivity contribution in [1.82, 2.24) is 0 Å². The van der Waals surface area contributed by atoms with Crippen LogP contribution in [0.3, 0.4) is 0 Å². The Kier molecular flexibility index (Phi) is 1.39. The van der Waals surface area contributed by atoms with Crippen LogP contribution < -0.4 is 4.90 Å². The summed E-state index contributed by atoms with van der Waals surface area (Å²) in [5.74, 6) is 0. The summed E-state index contributed by atoms with van der Waals surface area (Å²) in [7, 11) is 2.20. The van der Waals surface area contributed by atoms with Crippen molar-refractivity contribution in [2.24, 2.45) is 0 Å². The molecule has 2 aliphatic rings. The van der Waals surface area contributed by atoms with Gasteiger partial charge in [-0.25, -0.2) is 0 Å². The van der Waals surface area contributed by atoms with Crippen LogP contribution in [0.15, 0.2) is 12.1 Å². The highest BCUT2D eigenvalue weighted by Crippen LogP contribution is 2.44. The van der Waals surface area contributed by atoms with Crippen molar-refractivity contribution in [2.75, 3.05) is 18.5 Å². The molecule has 1 aromatic carbocycles. The smallest absolute Gasteiger partial charge is 0.0399 e. The second-order valence-electron chi connectivity index (χ2n) is 5.37. The van der Waals surface area contributed by atoms with E-state index in [0.29, 0.717) is 5.41 Å². The Hall–Kier alpha value is -0.980. The molecule has 1 heterocycles. The van der Waals surface area contributed by atoms with Gasteiger partial charge in [0.1, 0.15) is 0 Å². The first kappa shape index (κ1) is 8.34. The number of likely N-dealkylation sites (N-methyl/N-ethyl adjacent to an activating group) is 1. The summed E-state index contributed by atoms with van der Waals surface area (Å²) in [5, 5.41) is 0. The monoisotopic (exact) mass is 187 g/mol. The molecule has 1 aliphatic carbocycles. The summed E-state index contributed by atoms with van der Waals surface area (Å²) in [4.78, 5) is 2.38. The van der Waals surface area contributed by atoms with Gasteiger partial charge in [-0.05, 0) is 41.0 Å². The largest absolute Gasteiger partial charge is 0.374 e. The Morgan fingerprint density at radius 2 is 2.00 bits per heavy atom. The molecule has 1 aromatic rings. The molecule has 0 radical (unpaired) electrons. The summed E-state index contributed by atoms with van der Waals surface area (Å²) in [6, 6.07) is 4.85. The average Bonchev–Trinajstić information content (AvgIpc) is 2.46. The Balaban J connectivity index is 2.15. The topological polar surface area (TPSA) is 3.24 Å². The second kappa shape index (κ2) is 2.33. The van der Waals surface area contributed by atoms with Crippen LogP contribution in [-0.4, -0.2) is 13.6 Å². The predicted molar refractivity (Wildman–Crippen MR) is 60.1 cm³/mol. The van der Waals surface area contributed by atoms with Gasteiger partial charge in [-0.1, -0.05) is 19.9 Å². The van der Waals surface area contributed by atoms with Crippen LogP contribution in [0.2, 0.25) is 0 Å². The number of hydrogen-bond acceptors (Lipinski definition) is 1. The standard InChI is InChI=1S/C13H17N/c1-13(2)8-10-7-12-9(6-11(10)13)4-5-14(12)3/h6-7H,4-5,8H2,1-3H3. The highest BCUT2D eigenvalue weighted by Gasteiger charge is 2.35. The highest BCUT2D eigenvalue weighted by atomic mass is 15.1. The molecular weight excluding hydrogens is 170 g/mol. The molecule has 0 aromatic heterocycles. The molecule has 1 heteroatoms. The Morgan fingerprint density at radius 3 is 2.71 bits per heavy atom. The van der Waals surface area contributed by atoms with Gasteiger partial charge in [0, 0.05) is 19.3 Å². The highest BCUT2D eigenvalue weighted by molar-refractivity contribution is 5.64. The molecule has 1 aliphatic heterocycles. The van der Waals surface area contributed by atoms with Crippen LogP contribution in [-0.2, 0) is 18.3 Å². The van der Waals surface area contributed by atoms with E-state index in [9.17, 15) is 0 Å². The number of rotatable bonds is 0. The van der Waals surface area contributed by atoms with Gasteiger partial charge < -0.3 is 4.90 Å². The van der Waals surface area contributed by atoms with Crippen molar-refractivity contribution in [1.29, 1.82) is 0 Å². The summed E-state index contributed by atoms with van der Waals surface area (Å²) in [6.07, 6.45) is 2.48. The first-order valence-electron chi connectivity index (χ1n) is 5.45. The van der Waals surface area contributed by atoms with Crippen LogP contribution in [0, 0.1) is 0 Å². The van der Waals surface area contributed by atoms with Crippen LogP contribution >= 0.6 is 0 Å². The molecular formula is C13H17N. The Bertz CT molecular complexity index is 404. The van der Waals surface area contributed by atoms with Crippen molar-refractivity contribution >= 4 is 5.69 Å². The molecule has 0 unspecified atom stereocenters. The van der Waals surface area contributed by atoms with E-state index in [4.69, 9.17) is 0 Å². The third-order valence-corrected chi connectivity index (χ3v) is 3.79. The van der Waals surface area contributed by atoms with Gasteiger partial charge in [0.15, 0.2) is 0 Å². The van der Waals surface area contributed by atoms with Crippen molar-refractivity contribution in [3.8, 4) is 0 Å². The lowest BCUT2D eigenvalue weighted by Crippen LogP contribution is -2.32. The molecule has 0 fully saturated rings.